The molecule has 1 aromatic carbocycles. The van der Waals surface area contributed by atoms with Gasteiger partial charge in [-0.2, -0.15) is 0 Å². The number of anilines is 1. The summed E-state index contributed by atoms with van der Waals surface area (Å²) in [5.41, 5.74) is 2.09. The van der Waals surface area contributed by atoms with Gasteiger partial charge in [-0.25, -0.2) is 9.97 Å². The highest BCUT2D eigenvalue weighted by Gasteiger charge is 2.13. The van der Waals surface area contributed by atoms with E-state index in [0.717, 1.165) is 35.7 Å². The van der Waals surface area contributed by atoms with Gasteiger partial charge >= 0.3 is 0 Å². The topological polar surface area (TPSA) is 47.0 Å². The molecule has 1 N–H and O–H groups in total. The lowest BCUT2D eigenvalue weighted by molar-refractivity contribution is 0.414. The maximum Gasteiger partial charge on any atom is 0.190 e. The SMILES string of the molecule is CCCCCNc1nc(SC)nc(Cl)c1Cc1ccc(OC)cc1. The van der Waals surface area contributed by atoms with Gasteiger partial charge in [-0.1, -0.05) is 55.3 Å². The van der Waals surface area contributed by atoms with E-state index in [9.17, 15) is 0 Å². The summed E-state index contributed by atoms with van der Waals surface area (Å²) >= 11 is 7.93. The molecule has 6 heteroatoms. The quantitative estimate of drug-likeness (QED) is 0.291. The Hall–Kier alpha value is -1.46. The monoisotopic (exact) mass is 365 g/mol. The first-order valence-corrected chi connectivity index (χ1v) is 9.75. The Morgan fingerprint density at radius 3 is 2.54 bits per heavy atom. The van der Waals surface area contributed by atoms with Crippen LogP contribution in [0.3, 0.4) is 0 Å². The van der Waals surface area contributed by atoms with Crippen LogP contribution in [0.5, 0.6) is 5.75 Å². The van der Waals surface area contributed by atoms with E-state index >= 15 is 0 Å². The largest absolute Gasteiger partial charge is 0.497 e. The van der Waals surface area contributed by atoms with Gasteiger partial charge in [0.15, 0.2) is 5.16 Å². The van der Waals surface area contributed by atoms with Crippen molar-refractivity contribution in [1.29, 1.82) is 0 Å². The fourth-order valence-electron chi connectivity index (χ4n) is 2.36. The fraction of sp³-hybridized carbons (Fsp3) is 0.444. The van der Waals surface area contributed by atoms with Crippen molar-refractivity contribution in [3.05, 3.63) is 40.5 Å². The molecule has 1 heterocycles. The van der Waals surface area contributed by atoms with Gasteiger partial charge in [0, 0.05) is 18.5 Å². The first-order valence-electron chi connectivity index (χ1n) is 8.15. The number of ether oxygens (including phenoxy) is 1. The van der Waals surface area contributed by atoms with Crippen molar-refractivity contribution in [2.75, 3.05) is 25.2 Å². The van der Waals surface area contributed by atoms with Crippen LogP contribution >= 0.6 is 23.4 Å². The maximum absolute atomic E-state index is 6.43. The predicted octanol–water partition coefficient (Wildman–Crippen LogP) is 5.05. The van der Waals surface area contributed by atoms with Gasteiger partial charge < -0.3 is 10.1 Å². The normalized spacial score (nSPS) is 10.7. The number of thioether (sulfide) groups is 1. The number of aromatic nitrogens is 2. The average Bonchev–Trinajstić information content (AvgIpc) is 2.61. The third-order valence-electron chi connectivity index (χ3n) is 3.73. The van der Waals surface area contributed by atoms with E-state index in [-0.39, 0.29) is 0 Å². The number of hydrogen-bond donors (Lipinski definition) is 1. The first-order chi connectivity index (χ1) is 11.7. The zero-order valence-electron chi connectivity index (χ0n) is 14.4. The van der Waals surface area contributed by atoms with Crippen LogP contribution in [0.25, 0.3) is 0 Å². The first kappa shape index (κ1) is 18.9. The van der Waals surface area contributed by atoms with Crippen molar-refractivity contribution in [2.24, 2.45) is 0 Å². The minimum absolute atomic E-state index is 0.517. The van der Waals surface area contributed by atoms with Crippen LogP contribution in [0.2, 0.25) is 5.15 Å². The summed E-state index contributed by atoms with van der Waals surface area (Å²) in [5, 5.41) is 4.64. The summed E-state index contributed by atoms with van der Waals surface area (Å²) in [5.74, 6) is 1.68. The van der Waals surface area contributed by atoms with Crippen LogP contribution in [0, 0.1) is 0 Å². The Balaban J connectivity index is 2.21. The Morgan fingerprint density at radius 2 is 1.92 bits per heavy atom. The van der Waals surface area contributed by atoms with Gasteiger partial charge in [0.2, 0.25) is 0 Å². The van der Waals surface area contributed by atoms with Crippen molar-refractivity contribution in [3.63, 3.8) is 0 Å². The standard InChI is InChI=1S/C18H24ClN3OS/c1-4-5-6-11-20-17-15(16(19)21-18(22-17)24-3)12-13-7-9-14(23-2)10-8-13/h7-10H,4-6,11-12H2,1-3H3,(H,20,21,22). The Kier molecular flexibility index (Phi) is 7.66. The molecule has 4 nitrogen and oxygen atoms in total. The van der Waals surface area contributed by atoms with Crippen LogP contribution in [-0.4, -0.2) is 29.9 Å². The highest BCUT2D eigenvalue weighted by molar-refractivity contribution is 7.98. The van der Waals surface area contributed by atoms with Crippen molar-refractivity contribution in [3.8, 4) is 5.75 Å². The van der Waals surface area contributed by atoms with Gasteiger partial charge in [0.25, 0.3) is 0 Å². The van der Waals surface area contributed by atoms with Gasteiger partial charge in [0.1, 0.15) is 16.7 Å². The molecule has 0 unspecified atom stereocenters. The lowest BCUT2D eigenvalue weighted by atomic mass is 10.1. The molecule has 0 spiro atoms. The second kappa shape index (κ2) is 9.74. The predicted molar refractivity (Wildman–Crippen MR) is 103 cm³/mol. The van der Waals surface area contributed by atoms with E-state index in [0.29, 0.717) is 16.7 Å². The molecule has 0 saturated carbocycles. The van der Waals surface area contributed by atoms with Gasteiger partial charge in [0.05, 0.1) is 7.11 Å². The molecule has 0 radical (unpaired) electrons. The summed E-state index contributed by atoms with van der Waals surface area (Å²) in [4.78, 5) is 8.99. The van der Waals surface area contributed by atoms with Crippen molar-refractivity contribution in [2.45, 2.75) is 37.8 Å². The summed E-state index contributed by atoms with van der Waals surface area (Å²) in [6.45, 7) is 3.09. The molecule has 1 aromatic heterocycles. The molecule has 130 valence electrons. The lowest BCUT2D eigenvalue weighted by Crippen LogP contribution is -2.09. The van der Waals surface area contributed by atoms with E-state index in [1.807, 2.05) is 30.5 Å². The van der Waals surface area contributed by atoms with Crippen LogP contribution in [-0.2, 0) is 6.42 Å². The lowest BCUT2D eigenvalue weighted by Gasteiger charge is -2.14. The Morgan fingerprint density at radius 1 is 1.17 bits per heavy atom. The molecule has 0 aliphatic carbocycles. The van der Waals surface area contributed by atoms with E-state index in [2.05, 4.69) is 22.2 Å². The zero-order chi connectivity index (χ0) is 17.4. The molecule has 0 saturated heterocycles. The molecule has 0 aliphatic heterocycles. The number of nitrogens with zero attached hydrogens (tertiary/aromatic N) is 2. The molecule has 0 fully saturated rings. The molecule has 2 rings (SSSR count). The second-order valence-corrected chi connectivity index (χ2v) is 6.62. The highest BCUT2D eigenvalue weighted by atomic mass is 35.5. The molecule has 0 atom stereocenters. The number of methoxy groups -OCH3 is 1. The number of rotatable bonds is 9. The van der Waals surface area contributed by atoms with Crippen LogP contribution < -0.4 is 10.1 Å². The smallest absolute Gasteiger partial charge is 0.190 e. The molecule has 0 aliphatic rings. The Bertz CT molecular complexity index is 649. The summed E-state index contributed by atoms with van der Waals surface area (Å²) in [6, 6.07) is 7.99. The van der Waals surface area contributed by atoms with E-state index in [4.69, 9.17) is 16.3 Å². The summed E-state index contributed by atoms with van der Waals surface area (Å²) in [6.07, 6.45) is 6.16. The maximum atomic E-state index is 6.43. The third kappa shape index (κ3) is 5.28. The third-order valence-corrected chi connectivity index (χ3v) is 4.59. The molecule has 24 heavy (non-hydrogen) atoms. The van der Waals surface area contributed by atoms with Crippen LogP contribution in [0.1, 0.15) is 37.3 Å². The van der Waals surface area contributed by atoms with E-state index in [1.54, 1.807) is 7.11 Å². The van der Waals surface area contributed by atoms with Crippen molar-refractivity contribution < 1.29 is 4.74 Å². The number of nitrogens with one attached hydrogen (secondary N) is 1. The molecule has 0 bridgehead atoms. The van der Waals surface area contributed by atoms with Crippen molar-refractivity contribution in [1.82, 2.24) is 9.97 Å². The average molecular weight is 366 g/mol. The highest BCUT2D eigenvalue weighted by Crippen LogP contribution is 2.27. The number of unbranched alkanes of at least 4 members (excludes halogenated alkanes) is 2. The number of hydrogen-bond acceptors (Lipinski definition) is 5. The van der Waals surface area contributed by atoms with E-state index < -0.39 is 0 Å². The van der Waals surface area contributed by atoms with Gasteiger partial charge in [-0.3, -0.25) is 0 Å². The zero-order valence-corrected chi connectivity index (χ0v) is 16.0. The number of benzene rings is 1. The van der Waals surface area contributed by atoms with Gasteiger partial charge in [-0.15, -0.1) is 0 Å². The summed E-state index contributed by atoms with van der Waals surface area (Å²) < 4.78 is 5.21. The fourth-order valence-corrected chi connectivity index (χ4v) is 3.01. The summed E-state index contributed by atoms with van der Waals surface area (Å²) in [7, 11) is 1.67. The molecular weight excluding hydrogens is 342 g/mol. The minimum atomic E-state index is 0.517. The van der Waals surface area contributed by atoms with E-state index in [1.165, 1.54) is 24.6 Å². The van der Waals surface area contributed by atoms with Crippen molar-refractivity contribution >= 4 is 29.2 Å². The van der Waals surface area contributed by atoms with Crippen LogP contribution in [0.4, 0.5) is 5.82 Å². The Labute approximate surface area is 153 Å². The molecule has 0 amide bonds. The molecular formula is C18H24ClN3OS. The van der Waals surface area contributed by atoms with Gasteiger partial charge in [-0.05, 0) is 30.4 Å². The minimum Gasteiger partial charge on any atom is -0.497 e. The van der Waals surface area contributed by atoms with Crippen LogP contribution in [0.15, 0.2) is 29.4 Å². The molecule has 2 aromatic rings. The second-order valence-electron chi connectivity index (χ2n) is 5.49. The number of halogens is 1.